The van der Waals surface area contributed by atoms with E-state index in [0.717, 1.165) is 24.8 Å². The molecule has 1 unspecified atom stereocenters. The standard InChI is InChI=1S/C13H18ClN5/c1-3-4-6-9(2)19-13(16-17-18-19)10-7-5-8-11(15)12(10)14/h5,7-9H,3-4,6,15H2,1-2H3. The number of anilines is 1. The molecule has 2 rings (SSSR count). The van der Waals surface area contributed by atoms with E-state index in [2.05, 4.69) is 29.4 Å². The Morgan fingerprint density at radius 1 is 1.42 bits per heavy atom. The first-order valence-electron chi connectivity index (χ1n) is 6.47. The van der Waals surface area contributed by atoms with Gasteiger partial charge >= 0.3 is 0 Å². The highest BCUT2D eigenvalue weighted by Gasteiger charge is 2.17. The summed E-state index contributed by atoms with van der Waals surface area (Å²) in [5.74, 6) is 0.668. The second-order valence-electron chi connectivity index (χ2n) is 4.65. The van der Waals surface area contributed by atoms with Crippen LogP contribution in [0.5, 0.6) is 0 Å². The molecule has 1 aromatic carbocycles. The Labute approximate surface area is 117 Å². The van der Waals surface area contributed by atoms with Gasteiger partial charge in [0.2, 0.25) is 0 Å². The molecule has 0 aliphatic rings. The number of unbranched alkanes of at least 4 members (excludes halogenated alkanes) is 1. The number of hydrogen-bond acceptors (Lipinski definition) is 4. The summed E-state index contributed by atoms with van der Waals surface area (Å²) in [6.07, 6.45) is 3.33. The maximum atomic E-state index is 6.23. The van der Waals surface area contributed by atoms with Gasteiger partial charge in [-0.25, -0.2) is 4.68 Å². The van der Waals surface area contributed by atoms with Crippen LogP contribution in [0.3, 0.4) is 0 Å². The lowest BCUT2D eigenvalue weighted by Crippen LogP contribution is -2.09. The molecule has 6 heteroatoms. The number of benzene rings is 1. The Hall–Kier alpha value is -1.62. The minimum Gasteiger partial charge on any atom is -0.398 e. The summed E-state index contributed by atoms with van der Waals surface area (Å²) in [7, 11) is 0. The van der Waals surface area contributed by atoms with E-state index in [0.29, 0.717) is 16.5 Å². The van der Waals surface area contributed by atoms with Crippen LogP contribution in [0.1, 0.15) is 39.2 Å². The molecule has 0 aliphatic carbocycles. The third-order valence-electron chi connectivity index (χ3n) is 3.16. The fourth-order valence-electron chi connectivity index (χ4n) is 2.01. The van der Waals surface area contributed by atoms with E-state index in [9.17, 15) is 0 Å². The van der Waals surface area contributed by atoms with Crippen LogP contribution in [0.2, 0.25) is 5.02 Å². The molecule has 1 aromatic heterocycles. The second-order valence-corrected chi connectivity index (χ2v) is 5.03. The lowest BCUT2D eigenvalue weighted by Gasteiger charge is -2.13. The summed E-state index contributed by atoms with van der Waals surface area (Å²) < 4.78 is 1.82. The van der Waals surface area contributed by atoms with Gasteiger partial charge in [0.1, 0.15) is 0 Å². The zero-order chi connectivity index (χ0) is 13.8. The molecule has 5 nitrogen and oxygen atoms in total. The number of rotatable bonds is 5. The number of nitrogens with two attached hydrogens (primary N) is 1. The van der Waals surface area contributed by atoms with Gasteiger partial charge in [0, 0.05) is 5.56 Å². The molecule has 1 atom stereocenters. The molecule has 0 spiro atoms. The highest BCUT2D eigenvalue weighted by atomic mass is 35.5. The third-order valence-corrected chi connectivity index (χ3v) is 3.58. The lowest BCUT2D eigenvalue weighted by atomic mass is 10.1. The van der Waals surface area contributed by atoms with Crippen LogP contribution in [0.15, 0.2) is 18.2 Å². The van der Waals surface area contributed by atoms with Crippen LogP contribution >= 0.6 is 11.6 Å². The topological polar surface area (TPSA) is 69.6 Å². The van der Waals surface area contributed by atoms with Crippen LogP contribution in [-0.4, -0.2) is 20.2 Å². The number of tetrazole rings is 1. The highest BCUT2D eigenvalue weighted by Crippen LogP contribution is 2.32. The SMILES string of the molecule is CCCCC(C)n1nnnc1-c1cccc(N)c1Cl. The van der Waals surface area contributed by atoms with Gasteiger partial charge in [0.05, 0.1) is 16.8 Å². The van der Waals surface area contributed by atoms with Crippen molar-refractivity contribution in [3.63, 3.8) is 0 Å². The summed E-state index contributed by atoms with van der Waals surface area (Å²) in [6, 6.07) is 5.74. The average Bonchev–Trinajstić information content (AvgIpc) is 2.88. The molecule has 2 N–H and O–H groups in total. The Kier molecular flexibility index (Phi) is 4.37. The summed E-state index contributed by atoms with van der Waals surface area (Å²) in [6.45, 7) is 4.28. The highest BCUT2D eigenvalue weighted by molar-refractivity contribution is 6.35. The second kappa shape index (κ2) is 6.02. The molecule has 0 fully saturated rings. The quantitative estimate of drug-likeness (QED) is 0.852. The van der Waals surface area contributed by atoms with Gasteiger partial charge in [-0.3, -0.25) is 0 Å². The molecule has 0 saturated carbocycles. The van der Waals surface area contributed by atoms with Gasteiger partial charge in [-0.05, 0) is 35.9 Å². The van der Waals surface area contributed by atoms with Crippen molar-refractivity contribution in [3.05, 3.63) is 23.2 Å². The van der Waals surface area contributed by atoms with Crippen molar-refractivity contribution < 1.29 is 0 Å². The van der Waals surface area contributed by atoms with Gasteiger partial charge in [-0.15, -0.1) is 5.10 Å². The van der Waals surface area contributed by atoms with Crippen LogP contribution < -0.4 is 5.73 Å². The zero-order valence-electron chi connectivity index (χ0n) is 11.2. The van der Waals surface area contributed by atoms with E-state index in [1.807, 2.05) is 16.8 Å². The molecule has 0 aliphatic heterocycles. The van der Waals surface area contributed by atoms with E-state index in [4.69, 9.17) is 17.3 Å². The van der Waals surface area contributed by atoms with Crippen molar-refractivity contribution in [2.24, 2.45) is 0 Å². The molecule has 0 bridgehead atoms. The van der Waals surface area contributed by atoms with Crippen molar-refractivity contribution in [1.82, 2.24) is 20.2 Å². The first kappa shape index (κ1) is 13.8. The maximum absolute atomic E-state index is 6.23. The summed E-state index contributed by atoms with van der Waals surface area (Å²) >= 11 is 6.23. The number of aromatic nitrogens is 4. The normalized spacial score (nSPS) is 12.6. The fraction of sp³-hybridized carbons (Fsp3) is 0.462. The minimum atomic E-state index is 0.238. The number of nitrogen functional groups attached to an aromatic ring is 1. The van der Waals surface area contributed by atoms with Crippen molar-refractivity contribution in [3.8, 4) is 11.4 Å². The van der Waals surface area contributed by atoms with Gasteiger partial charge in [-0.1, -0.05) is 37.4 Å². The summed E-state index contributed by atoms with van der Waals surface area (Å²) in [5.41, 5.74) is 7.13. The van der Waals surface area contributed by atoms with Gasteiger partial charge < -0.3 is 5.73 Å². The first-order valence-corrected chi connectivity index (χ1v) is 6.85. The minimum absolute atomic E-state index is 0.238. The zero-order valence-corrected chi connectivity index (χ0v) is 11.9. The lowest BCUT2D eigenvalue weighted by molar-refractivity contribution is 0.437. The third kappa shape index (κ3) is 2.87. The molecule has 102 valence electrons. The Balaban J connectivity index is 2.36. The Morgan fingerprint density at radius 3 is 2.95 bits per heavy atom. The molecular weight excluding hydrogens is 262 g/mol. The summed E-state index contributed by atoms with van der Waals surface area (Å²) in [4.78, 5) is 0. The number of halogens is 1. The Morgan fingerprint density at radius 2 is 2.21 bits per heavy atom. The van der Waals surface area contributed by atoms with Crippen molar-refractivity contribution in [1.29, 1.82) is 0 Å². The van der Waals surface area contributed by atoms with Gasteiger partial charge in [0.15, 0.2) is 5.82 Å². The van der Waals surface area contributed by atoms with Crippen LogP contribution in [0, 0.1) is 0 Å². The van der Waals surface area contributed by atoms with Gasteiger partial charge in [0.25, 0.3) is 0 Å². The average molecular weight is 280 g/mol. The fourth-order valence-corrected chi connectivity index (χ4v) is 2.22. The van der Waals surface area contributed by atoms with E-state index in [1.165, 1.54) is 0 Å². The van der Waals surface area contributed by atoms with Crippen LogP contribution in [0.25, 0.3) is 11.4 Å². The predicted octanol–water partition coefficient (Wildman–Crippen LogP) is 3.33. The van der Waals surface area contributed by atoms with Crippen LogP contribution in [-0.2, 0) is 0 Å². The van der Waals surface area contributed by atoms with E-state index in [-0.39, 0.29) is 6.04 Å². The van der Waals surface area contributed by atoms with Gasteiger partial charge in [-0.2, -0.15) is 0 Å². The van der Waals surface area contributed by atoms with E-state index in [1.54, 1.807) is 6.07 Å². The molecule has 0 saturated heterocycles. The Bertz CT molecular complexity index is 552. The van der Waals surface area contributed by atoms with Crippen molar-refractivity contribution >= 4 is 17.3 Å². The molecule has 1 heterocycles. The number of hydrogen-bond donors (Lipinski definition) is 1. The largest absolute Gasteiger partial charge is 0.398 e. The molecule has 0 amide bonds. The predicted molar refractivity (Wildman–Crippen MR) is 76.9 cm³/mol. The summed E-state index contributed by atoms with van der Waals surface area (Å²) in [5, 5.41) is 12.4. The van der Waals surface area contributed by atoms with Crippen molar-refractivity contribution in [2.75, 3.05) is 5.73 Å². The molecule has 0 radical (unpaired) electrons. The maximum Gasteiger partial charge on any atom is 0.183 e. The van der Waals surface area contributed by atoms with Crippen molar-refractivity contribution in [2.45, 2.75) is 39.2 Å². The molecule has 19 heavy (non-hydrogen) atoms. The first-order chi connectivity index (χ1) is 9.15. The van der Waals surface area contributed by atoms with E-state index < -0.39 is 0 Å². The van der Waals surface area contributed by atoms with E-state index >= 15 is 0 Å². The smallest absolute Gasteiger partial charge is 0.183 e. The molecular formula is C13H18ClN5. The number of nitrogens with zero attached hydrogens (tertiary/aromatic N) is 4. The monoisotopic (exact) mass is 279 g/mol. The van der Waals surface area contributed by atoms with Crippen LogP contribution in [0.4, 0.5) is 5.69 Å². The molecule has 2 aromatic rings.